The molecule has 0 radical (unpaired) electrons. The summed E-state index contributed by atoms with van der Waals surface area (Å²) in [7, 11) is -3.48. The Labute approximate surface area is 137 Å². The molecule has 1 saturated heterocycles. The normalized spacial score (nSPS) is 20.8. The molecule has 0 aromatic heterocycles. The number of sulfone groups is 1. The van der Waals surface area contributed by atoms with Crippen molar-refractivity contribution in [2.45, 2.75) is 43.1 Å². The van der Waals surface area contributed by atoms with Crippen molar-refractivity contribution in [3.63, 3.8) is 0 Å². The quantitative estimate of drug-likeness (QED) is 0.846. The minimum atomic E-state index is -3.48. The zero-order chi connectivity index (χ0) is 16.4. The maximum Gasteiger partial charge on any atom is 0.245 e. The first-order valence-electron chi connectivity index (χ1n) is 8.21. The highest BCUT2D eigenvalue weighted by Crippen LogP contribution is 2.29. The van der Waals surface area contributed by atoms with Gasteiger partial charge in [0.05, 0.1) is 5.25 Å². The van der Waals surface area contributed by atoms with Crippen molar-refractivity contribution in [2.75, 3.05) is 24.7 Å². The van der Waals surface area contributed by atoms with E-state index in [1.54, 1.807) is 4.90 Å². The van der Waals surface area contributed by atoms with Crippen LogP contribution in [0.2, 0.25) is 0 Å². The SMILES string of the molecule is CC(C(=O)N1CCCc2ccccc21)S(=O)(=O)C1CCOCC1. The molecule has 23 heavy (non-hydrogen) atoms. The Morgan fingerprint density at radius 3 is 2.70 bits per heavy atom. The Kier molecular flexibility index (Phi) is 4.73. The lowest BCUT2D eigenvalue weighted by atomic mass is 10.0. The lowest BCUT2D eigenvalue weighted by molar-refractivity contribution is -0.118. The lowest BCUT2D eigenvalue weighted by Gasteiger charge is -2.33. The van der Waals surface area contributed by atoms with Gasteiger partial charge < -0.3 is 9.64 Å². The van der Waals surface area contributed by atoms with Gasteiger partial charge in [-0.25, -0.2) is 8.42 Å². The number of aryl methyl sites for hydroxylation is 1. The smallest absolute Gasteiger partial charge is 0.245 e. The first-order valence-corrected chi connectivity index (χ1v) is 9.82. The molecule has 1 aromatic carbocycles. The van der Waals surface area contributed by atoms with Crippen LogP contribution in [0.4, 0.5) is 5.69 Å². The molecule has 1 atom stereocenters. The van der Waals surface area contributed by atoms with Crippen LogP contribution in [0, 0.1) is 0 Å². The number of carbonyl (C=O) groups is 1. The summed E-state index contributed by atoms with van der Waals surface area (Å²) in [5.74, 6) is -0.302. The van der Waals surface area contributed by atoms with E-state index in [4.69, 9.17) is 4.74 Å². The van der Waals surface area contributed by atoms with Crippen LogP contribution < -0.4 is 4.90 Å². The number of fused-ring (bicyclic) bond motifs is 1. The summed E-state index contributed by atoms with van der Waals surface area (Å²) in [6, 6.07) is 7.75. The van der Waals surface area contributed by atoms with Gasteiger partial charge in [-0.15, -0.1) is 0 Å². The van der Waals surface area contributed by atoms with Crippen molar-refractivity contribution in [3.05, 3.63) is 29.8 Å². The van der Waals surface area contributed by atoms with Crippen LogP contribution in [-0.4, -0.2) is 44.6 Å². The van der Waals surface area contributed by atoms with E-state index in [-0.39, 0.29) is 5.91 Å². The molecule has 126 valence electrons. The monoisotopic (exact) mass is 337 g/mol. The van der Waals surface area contributed by atoms with Crippen LogP contribution in [0.25, 0.3) is 0 Å². The number of para-hydroxylation sites is 1. The van der Waals surface area contributed by atoms with Gasteiger partial charge in [0.25, 0.3) is 0 Å². The molecular weight excluding hydrogens is 314 g/mol. The molecule has 0 saturated carbocycles. The molecule has 2 aliphatic rings. The van der Waals surface area contributed by atoms with Crippen LogP contribution in [-0.2, 0) is 25.8 Å². The summed E-state index contributed by atoms with van der Waals surface area (Å²) in [4.78, 5) is 14.5. The van der Waals surface area contributed by atoms with Gasteiger partial charge >= 0.3 is 0 Å². The molecule has 0 spiro atoms. The number of hydrogen-bond acceptors (Lipinski definition) is 4. The number of amides is 1. The average molecular weight is 337 g/mol. The maximum atomic E-state index is 12.9. The van der Waals surface area contributed by atoms with Gasteiger partial charge in [0.15, 0.2) is 9.84 Å². The zero-order valence-electron chi connectivity index (χ0n) is 13.4. The lowest BCUT2D eigenvalue weighted by Crippen LogP contribution is -2.47. The van der Waals surface area contributed by atoms with Gasteiger partial charge in [0.2, 0.25) is 5.91 Å². The van der Waals surface area contributed by atoms with Crippen molar-refractivity contribution in [1.29, 1.82) is 0 Å². The second-order valence-electron chi connectivity index (χ2n) is 6.27. The highest BCUT2D eigenvalue weighted by Gasteiger charge is 2.39. The molecule has 2 aliphatic heterocycles. The number of carbonyl (C=O) groups excluding carboxylic acids is 1. The number of benzene rings is 1. The minimum absolute atomic E-state index is 0.302. The van der Waals surface area contributed by atoms with Crippen molar-refractivity contribution in [2.24, 2.45) is 0 Å². The first-order chi connectivity index (χ1) is 11.0. The summed E-state index contributed by atoms with van der Waals surface area (Å²) in [5.41, 5.74) is 1.97. The Balaban J connectivity index is 1.83. The van der Waals surface area contributed by atoms with E-state index in [9.17, 15) is 13.2 Å². The number of rotatable bonds is 3. The number of ether oxygens (including phenoxy) is 1. The predicted octanol–water partition coefficient (Wildman–Crippen LogP) is 1.95. The second kappa shape index (κ2) is 6.61. The third-order valence-electron chi connectivity index (χ3n) is 4.85. The molecular formula is C17H23NO4S. The summed E-state index contributed by atoms with van der Waals surface area (Å²) in [5, 5.41) is -1.47. The first kappa shape index (κ1) is 16.5. The van der Waals surface area contributed by atoms with Gasteiger partial charge in [0.1, 0.15) is 5.25 Å². The summed E-state index contributed by atoms with van der Waals surface area (Å²) < 4.78 is 30.8. The maximum absolute atomic E-state index is 12.9. The third kappa shape index (κ3) is 3.15. The Morgan fingerprint density at radius 2 is 1.96 bits per heavy atom. The Bertz CT molecular complexity index is 680. The van der Waals surface area contributed by atoms with Crippen LogP contribution in [0.1, 0.15) is 31.7 Å². The summed E-state index contributed by atoms with van der Waals surface area (Å²) in [6.07, 6.45) is 2.76. The zero-order valence-corrected chi connectivity index (χ0v) is 14.2. The summed E-state index contributed by atoms with van der Waals surface area (Å²) >= 11 is 0. The minimum Gasteiger partial charge on any atom is -0.381 e. The van der Waals surface area contributed by atoms with E-state index in [1.165, 1.54) is 6.92 Å². The highest BCUT2D eigenvalue weighted by molar-refractivity contribution is 7.93. The Morgan fingerprint density at radius 1 is 1.26 bits per heavy atom. The van der Waals surface area contributed by atoms with Crippen LogP contribution >= 0.6 is 0 Å². The molecule has 1 amide bonds. The largest absolute Gasteiger partial charge is 0.381 e. The average Bonchev–Trinajstić information content (AvgIpc) is 2.60. The van der Waals surface area contributed by atoms with Crippen molar-refractivity contribution in [1.82, 2.24) is 0 Å². The molecule has 1 unspecified atom stereocenters. The van der Waals surface area contributed by atoms with Crippen LogP contribution in [0.3, 0.4) is 0 Å². The number of nitrogens with zero attached hydrogens (tertiary/aromatic N) is 1. The fourth-order valence-electron chi connectivity index (χ4n) is 3.42. The molecule has 2 heterocycles. The molecule has 0 N–H and O–H groups in total. The molecule has 6 heteroatoms. The highest BCUT2D eigenvalue weighted by atomic mass is 32.2. The number of hydrogen-bond donors (Lipinski definition) is 0. The van der Waals surface area contributed by atoms with Gasteiger partial charge in [-0.3, -0.25) is 4.79 Å². The van der Waals surface area contributed by atoms with Crippen LogP contribution in [0.5, 0.6) is 0 Å². The molecule has 3 rings (SSSR count). The van der Waals surface area contributed by atoms with Crippen molar-refractivity contribution in [3.8, 4) is 0 Å². The van der Waals surface area contributed by atoms with Gasteiger partial charge in [-0.2, -0.15) is 0 Å². The summed E-state index contributed by atoms with van der Waals surface area (Å²) in [6.45, 7) is 3.03. The third-order valence-corrected chi connectivity index (χ3v) is 7.44. The molecule has 1 aromatic rings. The Hall–Kier alpha value is -1.40. The van der Waals surface area contributed by atoms with E-state index in [2.05, 4.69) is 0 Å². The molecule has 5 nitrogen and oxygen atoms in total. The molecule has 0 aliphatic carbocycles. The number of anilines is 1. The fraction of sp³-hybridized carbons (Fsp3) is 0.588. The van der Waals surface area contributed by atoms with E-state index in [1.807, 2.05) is 24.3 Å². The van der Waals surface area contributed by atoms with Gasteiger partial charge in [-0.05, 0) is 44.2 Å². The van der Waals surface area contributed by atoms with Gasteiger partial charge in [0, 0.05) is 25.4 Å². The van der Waals surface area contributed by atoms with Crippen molar-refractivity contribution < 1.29 is 17.9 Å². The van der Waals surface area contributed by atoms with E-state index in [0.717, 1.165) is 24.1 Å². The second-order valence-corrected chi connectivity index (χ2v) is 8.82. The molecule has 1 fully saturated rings. The predicted molar refractivity (Wildman–Crippen MR) is 89.3 cm³/mol. The van der Waals surface area contributed by atoms with Gasteiger partial charge in [-0.1, -0.05) is 18.2 Å². The van der Waals surface area contributed by atoms with Crippen LogP contribution in [0.15, 0.2) is 24.3 Å². The fourth-order valence-corrected chi connectivity index (χ4v) is 5.25. The standard InChI is InChI=1S/C17H23NO4S/c1-13(23(20,21)15-8-11-22-12-9-15)17(19)18-10-4-6-14-5-2-3-7-16(14)18/h2-3,5,7,13,15H,4,6,8-12H2,1H3. The molecule has 0 bridgehead atoms. The van der Waals surface area contributed by atoms with E-state index < -0.39 is 20.3 Å². The topological polar surface area (TPSA) is 63.7 Å². The van der Waals surface area contributed by atoms with E-state index >= 15 is 0 Å². The van der Waals surface area contributed by atoms with E-state index in [0.29, 0.717) is 32.6 Å². The van der Waals surface area contributed by atoms with Crippen molar-refractivity contribution >= 4 is 21.4 Å².